The van der Waals surface area contributed by atoms with Crippen LogP contribution in [0.5, 0.6) is 23.0 Å². The van der Waals surface area contributed by atoms with Crippen molar-refractivity contribution in [1.82, 2.24) is 15.5 Å². The van der Waals surface area contributed by atoms with E-state index >= 15 is 0 Å². The lowest BCUT2D eigenvalue weighted by molar-refractivity contribution is -0.136. The van der Waals surface area contributed by atoms with E-state index in [9.17, 15) is 24.0 Å². The first-order valence-corrected chi connectivity index (χ1v) is 19.0. The van der Waals surface area contributed by atoms with E-state index in [4.69, 9.17) is 18.9 Å². The SMILES string of the molecule is COc1ccc(CCCc2ccccc2OCC(=O)NCCCCCCCCCCOc2cccc3c2C(=O)N(C2CCC(=O)NC2=O)C3=O)cc1OC. The van der Waals surface area contributed by atoms with Crippen LogP contribution in [0.2, 0.25) is 0 Å². The van der Waals surface area contributed by atoms with Crippen LogP contribution in [0.15, 0.2) is 60.7 Å². The number of unbranched alkanes of at least 4 members (excludes halogenated alkanes) is 7. The quantitative estimate of drug-likeness (QED) is 0.0938. The van der Waals surface area contributed by atoms with Gasteiger partial charge in [0.1, 0.15) is 17.5 Å². The van der Waals surface area contributed by atoms with E-state index in [0.717, 1.165) is 92.6 Å². The van der Waals surface area contributed by atoms with Crippen molar-refractivity contribution in [3.8, 4) is 23.0 Å². The van der Waals surface area contributed by atoms with Crippen molar-refractivity contribution >= 4 is 29.5 Å². The van der Waals surface area contributed by atoms with E-state index in [1.807, 2.05) is 42.5 Å². The molecule has 0 aromatic heterocycles. The first-order valence-electron chi connectivity index (χ1n) is 19.0. The summed E-state index contributed by atoms with van der Waals surface area (Å²) in [4.78, 5) is 63.5. The summed E-state index contributed by atoms with van der Waals surface area (Å²) in [5.41, 5.74) is 2.64. The van der Waals surface area contributed by atoms with Crippen molar-refractivity contribution in [3.63, 3.8) is 0 Å². The van der Waals surface area contributed by atoms with Crippen molar-refractivity contribution in [1.29, 1.82) is 0 Å². The van der Waals surface area contributed by atoms with Crippen LogP contribution in [0.3, 0.4) is 0 Å². The van der Waals surface area contributed by atoms with Crippen LogP contribution in [0.4, 0.5) is 0 Å². The monoisotopic (exact) mass is 741 g/mol. The minimum absolute atomic E-state index is 0.0155. The second-order valence-corrected chi connectivity index (χ2v) is 13.6. The minimum atomic E-state index is -1.00. The van der Waals surface area contributed by atoms with Crippen LogP contribution in [-0.4, -0.2) is 74.5 Å². The molecule has 1 atom stereocenters. The summed E-state index contributed by atoms with van der Waals surface area (Å²) in [7, 11) is 3.26. The van der Waals surface area contributed by atoms with E-state index < -0.39 is 29.7 Å². The number of nitrogens with zero attached hydrogens (tertiary/aromatic N) is 1. The molecular formula is C42H51N3O9. The number of hydrogen-bond donors (Lipinski definition) is 2. The fraction of sp³-hybridized carbons (Fsp3) is 0.452. The number of methoxy groups -OCH3 is 2. The molecule has 2 heterocycles. The fourth-order valence-corrected chi connectivity index (χ4v) is 6.87. The van der Waals surface area contributed by atoms with Crippen molar-refractivity contribution in [2.75, 3.05) is 34.0 Å². The first kappa shape index (κ1) is 39.8. The van der Waals surface area contributed by atoms with E-state index in [2.05, 4.69) is 10.6 Å². The van der Waals surface area contributed by atoms with E-state index in [0.29, 0.717) is 24.7 Å². The Morgan fingerprint density at radius 3 is 2.22 bits per heavy atom. The molecule has 288 valence electrons. The number of imide groups is 2. The molecule has 0 bridgehead atoms. The maximum Gasteiger partial charge on any atom is 0.266 e. The molecule has 3 aromatic rings. The van der Waals surface area contributed by atoms with Crippen LogP contribution >= 0.6 is 0 Å². The molecule has 0 spiro atoms. The van der Waals surface area contributed by atoms with Gasteiger partial charge >= 0.3 is 0 Å². The molecule has 2 aliphatic heterocycles. The Morgan fingerprint density at radius 1 is 0.741 bits per heavy atom. The predicted octanol–water partition coefficient (Wildman–Crippen LogP) is 5.98. The molecule has 5 rings (SSSR count). The van der Waals surface area contributed by atoms with Gasteiger partial charge in [0.05, 0.1) is 32.0 Å². The Hall–Kier alpha value is -5.39. The van der Waals surface area contributed by atoms with Gasteiger partial charge in [0.2, 0.25) is 11.8 Å². The zero-order valence-electron chi connectivity index (χ0n) is 31.3. The molecule has 1 unspecified atom stereocenters. The van der Waals surface area contributed by atoms with Gasteiger partial charge in [-0.15, -0.1) is 0 Å². The Kier molecular flexibility index (Phi) is 14.9. The number of benzene rings is 3. The largest absolute Gasteiger partial charge is 0.493 e. The van der Waals surface area contributed by atoms with Crippen LogP contribution in [0, 0.1) is 0 Å². The lowest BCUT2D eigenvalue weighted by Gasteiger charge is -2.27. The molecule has 54 heavy (non-hydrogen) atoms. The van der Waals surface area contributed by atoms with Gasteiger partial charge in [-0.25, -0.2) is 0 Å². The number of para-hydroxylation sites is 1. The summed E-state index contributed by atoms with van der Waals surface area (Å²) in [5, 5.41) is 5.18. The van der Waals surface area contributed by atoms with Crippen molar-refractivity contribution in [3.05, 3.63) is 82.9 Å². The number of nitrogens with one attached hydrogen (secondary N) is 2. The molecule has 2 aliphatic rings. The van der Waals surface area contributed by atoms with Gasteiger partial charge in [-0.1, -0.05) is 68.9 Å². The zero-order valence-corrected chi connectivity index (χ0v) is 31.3. The number of piperidine rings is 1. The molecule has 12 nitrogen and oxygen atoms in total. The van der Waals surface area contributed by atoms with Gasteiger partial charge in [0.25, 0.3) is 17.7 Å². The highest BCUT2D eigenvalue weighted by molar-refractivity contribution is 6.24. The molecule has 0 aliphatic carbocycles. The number of ether oxygens (including phenoxy) is 4. The summed E-state index contributed by atoms with van der Waals surface area (Å²) in [6.45, 7) is 1.01. The summed E-state index contributed by atoms with van der Waals surface area (Å²) < 4.78 is 22.6. The molecule has 5 amide bonds. The molecular weight excluding hydrogens is 690 g/mol. The summed E-state index contributed by atoms with van der Waals surface area (Å²) in [5.74, 6) is 0.232. The van der Waals surface area contributed by atoms with E-state index in [1.165, 1.54) is 5.56 Å². The van der Waals surface area contributed by atoms with Gasteiger partial charge < -0.3 is 24.3 Å². The first-order chi connectivity index (χ1) is 26.3. The molecule has 1 fully saturated rings. The average molecular weight is 742 g/mol. The third-order valence-electron chi connectivity index (χ3n) is 9.77. The van der Waals surface area contributed by atoms with Gasteiger partial charge in [-0.05, 0) is 80.0 Å². The molecule has 1 saturated heterocycles. The van der Waals surface area contributed by atoms with Gasteiger partial charge in [-0.2, -0.15) is 0 Å². The smallest absolute Gasteiger partial charge is 0.266 e. The number of amides is 5. The minimum Gasteiger partial charge on any atom is -0.493 e. The van der Waals surface area contributed by atoms with Gasteiger partial charge in [0, 0.05) is 13.0 Å². The van der Waals surface area contributed by atoms with Gasteiger partial charge in [0.15, 0.2) is 18.1 Å². The molecule has 12 heteroatoms. The van der Waals surface area contributed by atoms with Crippen LogP contribution in [0.1, 0.15) is 102 Å². The van der Waals surface area contributed by atoms with Crippen molar-refractivity contribution in [2.45, 2.75) is 89.5 Å². The highest BCUT2D eigenvalue weighted by Gasteiger charge is 2.46. The molecule has 2 N–H and O–H groups in total. The normalized spacial score (nSPS) is 15.1. The fourth-order valence-electron chi connectivity index (χ4n) is 6.87. The Labute approximate surface area is 316 Å². The summed E-state index contributed by atoms with van der Waals surface area (Å²) in [6.07, 6.45) is 10.9. The van der Waals surface area contributed by atoms with Crippen molar-refractivity contribution in [2.24, 2.45) is 0 Å². The zero-order chi connectivity index (χ0) is 38.3. The highest BCUT2D eigenvalue weighted by Crippen LogP contribution is 2.34. The van der Waals surface area contributed by atoms with Crippen LogP contribution in [0.25, 0.3) is 0 Å². The highest BCUT2D eigenvalue weighted by atomic mass is 16.5. The molecule has 3 aromatic carbocycles. The topological polar surface area (TPSA) is 150 Å². The van der Waals surface area contributed by atoms with E-state index in [-0.39, 0.29) is 36.5 Å². The summed E-state index contributed by atoms with van der Waals surface area (Å²) >= 11 is 0. The average Bonchev–Trinajstić information content (AvgIpc) is 3.43. The van der Waals surface area contributed by atoms with Gasteiger partial charge in [-0.3, -0.25) is 34.2 Å². The number of fused-ring (bicyclic) bond motifs is 1. The summed E-state index contributed by atoms with van der Waals surface area (Å²) in [6, 6.07) is 17.7. The number of carbonyl (C=O) groups is 5. The Balaban J connectivity index is 0.893. The molecule has 0 saturated carbocycles. The van der Waals surface area contributed by atoms with Crippen LogP contribution < -0.4 is 29.6 Å². The number of rotatable bonds is 22. The standard InChI is InChI=1S/C42H51N3O9/c1-51-34-23-21-29(27-36(34)52-2)15-13-17-30-16-9-10-19-33(30)54-28-38(47)43-25-11-7-5-3-4-6-8-12-26-53-35-20-14-18-31-39(35)42(50)45(41(31)49)32-22-24-37(46)44-40(32)48/h9-10,14,16,18-21,23,27,32H,3-8,11-13,15,17,22,24-26,28H2,1-2H3,(H,43,47)(H,44,46,48). The lowest BCUT2D eigenvalue weighted by Crippen LogP contribution is -2.54. The number of aryl methyl sites for hydroxylation is 2. The second-order valence-electron chi connectivity index (χ2n) is 13.6. The second kappa shape index (κ2) is 20.2. The number of hydrogen-bond acceptors (Lipinski definition) is 9. The lowest BCUT2D eigenvalue weighted by atomic mass is 10.0. The Morgan fingerprint density at radius 2 is 1.46 bits per heavy atom. The Bertz CT molecular complexity index is 1790. The maximum absolute atomic E-state index is 13.2. The van der Waals surface area contributed by atoms with Crippen LogP contribution in [-0.2, 0) is 27.2 Å². The number of carbonyl (C=O) groups excluding carboxylic acids is 5. The van der Waals surface area contributed by atoms with Crippen molar-refractivity contribution < 1.29 is 42.9 Å². The third-order valence-corrected chi connectivity index (χ3v) is 9.77. The predicted molar refractivity (Wildman–Crippen MR) is 202 cm³/mol. The molecule has 0 radical (unpaired) electrons. The maximum atomic E-state index is 13.2. The van der Waals surface area contributed by atoms with E-state index in [1.54, 1.807) is 32.4 Å². The third kappa shape index (κ3) is 10.6.